The number of hydrogen-bond acceptors (Lipinski definition) is 0. The molecular formula is C41H52. The molecule has 41 heavy (non-hydrogen) atoms. The molecule has 0 radical (unpaired) electrons. The average Bonchev–Trinajstić information content (AvgIpc) is 2.93. The Balaban J connectivity index is 2.31. The lowest BCUT2D eigenvalue weighted by atomic mass is 9.75. The summed E-state index contributed by atoms with van der Waals surface area (Å²) in [5.41, 5.74) is 18.3. The van der Waals surface area contributed by atoms with Crippen molar-refractivity contribution in [3.05, 3.63) is 124 Å². The fourth-order valence-electron chi connectivity index (χ4n) is 5.75. The largest absolute Gasteiger partial charge is 0.0995 e. The molecule has 0 heteroatoms. The average molecular weight is 545 g/mol. The van der Waals surface area contributed by atoms with Crippen LogP contribution in [0, 0.1) is 6.92 Å². The van der Waals surface area contributed by atoms with Crippen LogP contribution in [0.15, 0.2) is 79.4 Å². The van der Waals surface area contributed by atoms with Crippen molar-refractivity contribution in [1.29, 1.82) is 0 Å². The number of benzene rings is 3. The zero-order chi connectivity index (χ0) is 30.5. The van der Waals surface area contributed by atoms with Crippen LogP contribution in [0.2, 0.25) is 0 Å². The Morgan fingerprint density at radius 3 is 2.10 bits per heavy atom. The van der Waals surface area contributed by atoms with Gasteiger partial charge in [-0.25, -0.2) is 0 Å². The minimum absolute atomic E-state index is 0.0479. The fraction of sp³-hybridized carbons (Fsp3) is 0.366. The first-order valence-corrected chi connectivity index (χ1v) is 15.3. The Morgan fingerprint density at radius 2 is 1.51 bits per heavy atom. The van der Waals surface area contributed by atoms with Crippen LogP contribution in [0.5, 0.6) is 0 Å². The van der Waals surface area contributed by atoms with Gasteiger partial charge in [0.1, 0.15) is 0 Å². The molecule has 0 fully saturated rings. The summed E-state index contributed by atoms with van der Waals surface area (Å²) in [7, 11) is 0. The number of rotatable bonds is 10. The summed E-state index contributed by atoms with van der Waals surface area (Å²) < 4.78 is 0. The summed E-state index contributed by atoms with van der Waals surface area (Å²) in [5.74, 6) is 0. The van der Waals surface area contributed by atoms with Crippen LogP contribution in [0.25, 0.3) is 27.8 Å². The lowest BCUT2D eigenvalue weighted by Gasteiger charge is -2.29. The van der Waals surface area contributed by atoms with E-state index in [1.165, 1.54) is 72.4 Å². The molecular weight excluding hydrogens is 492 g/mol. The zero-order valence-electron chi connectivity index (χ0n) is 27.5. The third-order valence-corrected chi connectivity index (χ3v) is 8.36. The Bertz CT molecular complexity index is 1490. The predicted octanol–water partition coefficient (Wildman–Crippen LogP) is 12.1. The van der Waals surface area contributed by atoms with E-state index in [9.17, 15) is 0 Å². The second kappa shape index (κ2) is 13.5. The van der Waals surface area contributed by atoms with Gasteiger partial charge in [0.15, 0.2) is 0 Å². The molecule has 0 N–H and O–H groups in total. The normalized spacial score (nSPS) is 12.5. The highest BCUT2D eigenvalue weighted by Crippen LogP contribution is 2.42. The van der Waals surface area contributed by atoms with Crippen LogP contribution in [-0.4, -0.2) is 0 Å². The fourth-order valence-corrected chi connectivity index (χ4v) is 5.75. The van der Waals surface area contributed by atoms with Crippen molar-refractivity contribution in [3.8, 4) is 11.1 Å². The van der Waals surface area contributed by atoms with Crippen LogP contribution in [0.4, 0.5) is 0 Å². The zero-order valence-corrected chi connectivity index (χ0v) is 27.5. The molecule has 0 spiro atoms. The van der Waals surface area contributed by atoms with Crippen molar-refractivity contribution >= 4 is 16.7 Å². The summed E-state index contributed by atoms with van der Waals surface area (Å²) in [5, 5.41) is 0. The van der Waals surface area contributed by atoms with E-state index in [2.05, 4.69) is 143 Å². The highest BCUT2D eigenvalue weighted by atomic mass is 14.3. The maximum absolute atomic E-state index is 4.37. The quantitative estimate of drug-likeness (QED) is 0.223. The van der Waals surface area contributed by atoms with E-state index in [1.54, 1.807) is 0 Å². The van der Waals surface area contributed by atoms with Crippen LogP contribution >= 0.6 is 0 Å². The van der Waals surface area contributed by atoms with Crippen LogP contribution in [0.1, 0.15) is 113 Å². The van der Waals surface area contributed by atoms with E-state index in [0.717, 1.165) is 31.3 Å². The standard InChI is InChI=1S/C41H52/c1-13-28(6)22-32-24-37(31(9)17-18-35-26-34(30(8)14-2)20-19-33(35)15-3)40(41(10,11)12)39(25-32)38-23-29(7)16-21-36(38)27(4)5/h14,16-17,19-21,23-26H,4,6,13,15,18,22H2,1-3,5,7-12H3. The Hall–Kier alpha value is -3.38. The summed E-state index contributed by atoms with van der Waals surface area (Å²) in [6, 6.07) is 18.6. The van der Waals surface area contributed by atoms with Gasteiger partial charge >= 0.3 is 0 Å². The summed E-state index contributed by atoms with van der Waals surface area (Å²) >= 11 is 0. The summed E-state index contributed by atoms with van der Waals surface area (Å²) in [6.07, 6.45) is 8.50. The van der Waals surface area contributed by atoms with Crippen molar-refractivity contribution in [2.75, 3.05) is 0 Å². The summed E-state index contributed by atoms with van der Waals surface area (Å²) in [4.78, 5) is 0. The van der Waals surface area contributed by atoms with E-state index in [0.29, 0.717) is 0 Å². The molecule has 3 aromatic rings. The molecule has 216 valence electrons. The molecule has 0 unspecified atom stereocenters. The molecule has 0 atom stereocenters. The molecule has 0 aliphatic carbocycles. The molecule has 0 aliphatic heterocycles. The number of hydrogen-bond donors (Lipinski definition) is 0. The molecule has 0 nitrogen and oxygen atoms in total. The van der Waals surface area contributed by atoms with Gasteiger partial charge in [-0.05, 0) is 127 Å². The Morgan fingerprint density at radius 1 is 0.805 bits per heavy atom. The molecule has 0 aromatic heterocycles. The van der Waals surface area contributed by atoms with Gasteiger partial charge in [0.05, 0.1) is 0 Å². The van der Waals surface area contributed by atoms with Gasteiger partial charge in [-0.15, -0.1) is 0 Å². The van der Waals surface area contributed by atoms with Crippen LogP contribution < -0.4 is 0 Å². The Labute approximate surface area is 251 Å². The van der Waals surface area contributed by atoms with E-state index >= 15 is 0 Å². The van der Waals surface area contributed by atoms with Gasteiger partial charge in [0, 0.05) is 0 Å². The van der Waals surface area contributed by atoms with Crippen LogP contribution in [0.3, 0.4) is 0 Å². The van der Waals surface area contributed by atoms with Gasteiger partial charge in [-0.1, -0.05) is 125 Å². The van der Waals surface area contributed by atoms with Gasteiger partial charge in [0.2, 0.25) is 0 Å². The van der Waals surface area contributed by atoms with E-state index < -0.39 is 0 Å². The molecule has 0 heterocycles. The highest BCUT2D eigenvalue weighted by Gasteiger charge is 2.26. The van der Waals surface area contributed by atoms with Gasteiger partial charge in [-0.3, -0.25) is 0 Å². The topological polar surface area (TPSA) is 0 Å². The predicted molar refractivity (Wildman–Crippen MR) is 186 cm³/mol. The van der Waals surface area contributed by atoms with Crippen molar-refractivity contribution in [3.63, 3.8) is 0 Å². The maximum atomic E-state index is 4.37. The van der Waals surface area contributed by atoms with E-state index in [-0.39, 0.29) is 5.41 Å². The second-order valence-corrected chi connectivity index (χ2v) is 12.8. The minimum atomic E-state index is -0.0479. The lowest BCUT2D eigenvalue weighted by Crippen LogP contribution is -2.17. The molecule has 0 aliphatic rings. The highest BCUT2D eigenvalue weighted by molar-refractivity contribution is 5.86. The number of aryl methyl sites for hydroxylation is 2. The van der Waals surface area contributed by atoms with Crippen molar-refractivity contribution in [2.24, 2.45) is 0 Å². The van der Waals surface area contributed by atoms with Crippen molar-refractivity contribution < 1.29 is 0 Å². The minimum Gasteiger partial charge on any atom is -0.0995 e. The molecule has 0 saturated heterocycles. The van der Waals surface area contributed by atoms with Gasteiger partial charge in [-0.2, -0.15) is 0 Å². The van der Waals surface area contributed by atoms with E-state index in [1.807, 2.05) is 0 Å². The van der Waals surface area contributed by atoms with Crippen LogP contribution in [-0.2, 0) is 24.7 Å². The van der Waals surface area contributed by atoms with Gasteiger partial charge in [0.25, 0.3) is 0 Å². The van der Waals surface area contributed by atoms with Crippen molar-refractivity contribution in [1.82, 2.24) is 0 Å². The smallest absolute Gasteiger partial charge is 0.00695 e. The van der Waals surface area contributed by atoms with E-state index in [4.69, 9.17) is 0 Å². The molecule has 3 rings (SSSR count). The molecule has 0 amide bonds. The SMILES string of the molecule is C=C(CC)Cc1cc(C(C)=CCc2cc(C(C)=CC)ccc2CC)c(C(C)(C)C)c(-c2cc(C)ccc2C(=C)C)c1. The maximum Gasteiger partial charge on any atom is -0.00695 e. The summed E-state index contributed by atoms with van der Waals surface area (Å²) in [6.45, 7) is 31.1. The second-order valence-electron chi connectivity index (χ2n) is 12.8. The Kier molecular flexibility index (Phi) is 10.6. The van der Waals surface area contributed by atoms with Crippen molar-refractivity contribution in [2.45, 2.75) is 100 Å². The first-order chi connectivity index (χ1) is 19.3. The number of allylic oxidation sites excluding steroid dienone is 6. The monoisotopic (exact) mass is 544 g/mol. The molecule has 0 bridgehead atoms. The molecule has 3 aromatic carbocycles. The third-order valence-electron chi connectivity index (χ3n) is 8.36. The lowest BCUT2D eigenvalue weighted by molar-refractivity contribution is 0.590. The molecule has 0 saturated carbocycles. The van der Waals surface area contributed by atoms with Gasteiger partial charge < -0.3 is 0 Å². The third kappa shape index (κ3) is 7.68. The first kappa shape index (κ1) is 32.1. The first-order valence-electron chi connectivity index (χ1n) is 15.3.